The molecule has 4 heterocycles. The van der Waals surface area contributed by atoms with Crippen molar-refractivity contribution in [3.8, 4) is 0 Å². The first kappa shape index (κ1) is 16.6. The van der Waals surface area contributed by atoms with E-state index in [0.29, 0.717) is 25.2 Å². The second-order valence-electron chi connectivity index (χ2n) is 6.44. The molecule has 2 aromatic heterocycles. The van der Waals surface area contributed by atoms with Crippen LogP contribution >= 0.6 is 11.3 Å². The summed E-state index contributed by atoms with van der Waals surface area (Å²) in [4.78, 5) is 22.5. The van der Waals surface area contributed by atoms with E-state index in [-0.39, 0.29) is 18.4 Å². The second kappa shape index (κ2) is 6.15. The lowest BCUT2D eigenvalue weighted by Gasteiger charge is -2.21. The van der Waals surface area contributed by atoms with Gasteiger partial charge in [-0.3, -0.25) is 9.78 Å². The van der Waals surface area contributed by atoms with Crippen molar-refractivity contribution in [1.29, 1.82) is 0 Å². The van der Waals surface area contributed by atoms with Crippen molar-refractivity contribution in [3.05, 3.63) is 46.2 Å². The van der Waals surface area contributed by atoms with Crippen molar-refractivity contribution in [2.75, 3.05) is 19.6 Å². The highest BCUT2D eigenvalue weighted by Gasteiger charge is 2.52. The number of hydrogen-bond donors (Lipinski definition) is 0. The number of nitrogens with zero attached hydrogens (tertiary/aromatic N) is 4. The Labute approximate surface area is 150 Å². The van der Waals surface area contributed by atoms with Gasteiger partial charge in [0, 0.05) is 48.9 Å². The number of amides is 1. The van der Waals surface area contributed by atoms with Gasteiger partial charge in [0.2, 0.25) is 10.0 Å². The van der Waals surface area contributed by atoms with Crippen LogP contribution in [-0.4, -0.2) is 58.4 Å². The van der Waals surface area contributed by atoms with Crippen molar-refractivity contribution < 1.29 is 13.2 Å². The maximum Gasteiger partial charge on any atom is 0.254 e. The summed E-state index contributed by atoms with van der Waals surface area (Å²) in [7, 11) is -3.41. The second-order valence-corrected chi connectivity index (χ2v) is 9.65. The molecule has 9 heteroatoms. The molecule has 0 aliphatic carbocycles. The number of likely N-dealkylation sites (tertiary alicyclic amines) is 1. The number of fused-ring (bicyclic) bond motifs is 1. The average Bonchev–Trinajstić information content (AvgIpc) is 3.26. The van der Waals surface area contributed by atoms with Gasteiger partial charge < -0.3 is 4.90 Å². The van der Waals surface area contributed by atoms with Crippen molar-refractivity contribution >= 4 is 27.3 Å². The van der Waals surface area contributed by atoms with Crippen LogP contribution in [-0.2, 0) is 16.6 Å². The Morgan fingerprint density at radius 3 is 2.68 bits per heavy atom. The highest BCUT2D eigenvalue weighted by Crippen LogP contribution is 2.35. The molecule has 0 aromatic carbocycles. The molecule has 1 amide bonds. The van der Waals surface area contributed by atoms with E-state index in [1.807, 2.05) is 12.3 Å². The van der Waals surface area contributed by atoms with Crippen LogP contribution in [0.4, 0.5) is 0 Å². The third kappa shape index (κ3) is 2.96. The molecule has 2 aliphatic heterocycles. The molecule has 0 bridgehead atoms. The fourth-order valence-corrected chi connectivity index (χ4v) is 6.30. The Morgan fingerprint density at radius 1 is 1.28 bits per heavy atom. The Kier molecular flexibility index (Phi) is 4.09. The van der Waals surface area contributed by atoms with Crippen LogP contribution < -0.4 is 0 Å². The predicted octanol–water partition coefficient (Wildman–Crippen LogP) is 1.13. The third-order valence-corrected chi connectivity index (χ3v) is 7.90. The van der Waals surface area contributed by atoms with E-state index in [1.54, 1.807) is 29.4 Å². The molecule has 2 aliphatic rings. The molecular formula is C16H18N4O3S2. The molecule has 2 saturated heterocycles. The van der Waals surface area contributed by atoms with E-state index in [0.717, 1.165) is 10.7 Å². The lowest BCUT2D eigenvalue weighted by atomic mass is 10.1. The molecule has 4 rings (SSSR count). The van der Waals surface area contributed by atoms with Crippen LogP contribution in [0.1, 0.15) is 21.1 Å². The first-order chi connectivity index (χ1) is 11.9. The third-order valence-electron chi connectivity index (χ3n) is 4.78. The summed E-state index contributed by atoms with van der Waals surface area (Å²) >= 11 is 1.52. The molecule has 0 N–H and O–H groups in total. The van der Waals surface area contributed by atoms with Gasteiger partial charge in [0.1, 0.15) is 0 Å². The van der Waals surface area contributed by atoms with E-state index in [1.165, 1.54) is 15.6 Å². The zero-order chi connectivity index (χ0) is 17.6. The molecule has 132 valence electrons. The fourth-order valence-electron chi connectivity index (χ4n) is 3.57. The van der Waals surface area contributed by atoms with Gasteiger partial charge in [-0.15, -0.1) is 11.3 Å². The Hall–Kier alpha value is -1.84. The van der Waals surface area contributed by atoms with Gasteiger partial charge in [-0.2, -0.15) is 4.31 Å². The molecule has 2 aromatic rings. The van der Waals surface area contributed by atoms with Crippen molar-refractivity contribution in [3.63, 3.8) is 0 Å². The van der Waals surface area contributed by atoms with E-state index in [9.17, 15) is 13.2 Å². The number of rotatable bonds is 3. The zero-order valence-electron chi connectivity index (χ0n) is 13.7. The molecule has 7 nitrogen and oxygen atoms in total. The highest BCUT2D eigenvalue weighted by atomic mass is 32.2. The Balaban J connectivity index is 1.48. The van der Waals surface area contributed by atoms with Crippen LogP contribution in [0.15, 0.2) is 29.9 Å². The summed E-state index contributed by atoms with van der Waals surface area (Å²) in [6, 6.07) is 3.31. The number of aryl methyl sites for hydroxylation is 1. The number of thiazole rings is 1. The van der Waals surface area contributed by atoms with Gasteiger partial charge >= 0.3 is 0 Å². The monoisotopic (exact) mass is 378 g/mol. The molecule has 2 atom stereocenters. The lowest BCUT2D eigenvalue weighted by Crippen LogP contribution is -2.36. The molecular weight excluding hydrogens is 360 g/mol. The van der Waals surface area contributed by atoms with E-state index in [4.69, 9.17) is 0 Å². The van der Waals surface area contributed by atoms with Gasteiger partial charge in [0.15, 0.2) is 0 Å². The van der Waals surface area contributed by atoms with Gasteiger partial charge in [0.25, 0.3) is 5.91 Å². The SMILES string of the molecule is Cc1nc(CN2CC3CN(C(=O)c4ccncc4)CC3S2(=O)=O)cs1. The van der Waals surface area contributed by atoms with Gasteiger partial charge in [-0.1, -0.05) is 0 Å². The predicted molar refractivity (Wildman–Crippen MR) is 93.6 cm³/mol. The summed E-state index contributed by atoms with van der Waals surface area (Å²) in [5.41, 5.74) is 1.33. The number of pyridine rings is 1. The fraction of sp³-hybridized carbons (Fsp3) is 0.438. The number of sulfonamides is 1. The molecule has 0 saturated carbocycles. The molecule has 2 fully saturated rings. The summed E-state index contributed by atoms with van der Waals surface area (Å²) in [6.07, 6.45) is 3.14. The topological polar surface area (TPSA) is 83.5 Å². The van der Waals surface area contributed by atoms with Gasteiger partial charge in [0.05, 0.1) is 22.5 Å². The normalized spacial score (nSPS) is 25.2. The lowest BCUT2D eigenvalue weighted by molar-refractivity contribution is 0.0784. The maximum atomic E-state index is 12.8. The van der Waals surface area contributed by atoms with E-state index in [2.05, 4.69) is 9.97 Å². The van der Waals surface area contributed by atoms with Crippen molar-refractivity contribution in [2.24, 2.45) is 5.92 Å². The summed E-state index contributed by atoms with van der Waals surface area (Å²) in [5, 5.41) is 2.32. The minimum absolute atomic E-state index is 0.0458. The van der Waals surface area contributed by atoms with Crippen molar-refractivity contribution in [1.82, 2.24) is 19.2 Å². The number of hydrogen-bond acceptors (Lipinski definition) is 6. The number of aromatic nitrogens is 2. The number of carbonyl (C=O) groups excluding carboxylic acids is 1. The highest BCUT2D eigenvalue weighted by molar-refractivity contribution is 7.90. The molecule has 2 unspecified atom stereocenters. The maximum absolute atomic E-state index is 12.8. The minimum Gasteiger partial charge on any atom is -0.337 e. The first-order valence-electron chi connectivity index (χ1n) is 8.04. The van der Waals surface area contributed by atoms with Crippen LogP contribution in [0.5, 0.6) is 0 Å². The summed E-state index contributed by atoms with van der Waals surface area (Å²) < 4.78 is 27.2. The number of carbonyl (C=O) groups is 1. The van der Waals surface area contributed by atoms with Gasteiger partial charge in [-0.05, 0) is 19.1 Å². The summed E-state index contributed by atoms with van der Waals surface area (Å²) in [5.74, 6) is -0.177. The van der Waals surface area contributed by atoms with E-state index < -0.39 is 15.3 Å². The van der Waals surface area contributed by atoms with Crippen LogP contribution in [0.2, 0.25) is 0 Å². The van der Waals surface area contributed by atoms with Crippen LogP contribution in [0.3, 0.4) is 0 Å². The zero-order valence-corrected chi connectivity index (χ0v) is 15.3. The standard InChI is InChI=1S/C16H18N4O3S2/c1-11-18-14(10-24-11)8-20-7-13-6-19(9-15(13)25(20,22)23)16(21)12-2-4-17-5-3-12/h2-5,10,13,15H,6-9H2,1H3. The summed E-state index contributed by atoms with van der Waals surface area (Å²) in [6.45, 7) is 3.39. The quantitative estimate of drug-likeness (QED) is 0.800. The molecule has 25 heavy (non-hydrogen) atoms. The van der Waals surface area contributed by atoms with Gasteiger partial charge in [-0.25, -0.2) is 13.4 Å². The van der Waals surface area contributed by atoms with E-state index >= 15 is 0 Å². The molecule has 0 radical (unpaired) electrons. The van der Waals surface area contributed by atoms with Crippen LogP contribution in [0, 0.1) is 12.8 Å². The van der Waals surface area contributed by atoms with Crippen molar-refractivity contribution in [2.45, 2.75) is 18.7 Å². The minimum atomic E-state index is -3.41. The first-order valence-corrected chi connectivity index (χ1v) is 10.4. The Morgan fingerprint density at radius 2 is 2.04 bits per heavy atom. The average molecular weight is 378 g/mol. The molecule has 0 spiro atoms. The smallest absolute Gasteiger partial charge is 0.254 e. The van der Waals surface area contributed by atoms with Crippen LogP contribution in [0.25, 0.3) is 0 Å². The largest absolute Gasteiger partial charge is 0.337 e. The Bertz CT molecular complexity index is 897.